The van der Waals surface area contributed by atoms with Gasteiger partial charge < -0.3 is 5.73 Å². The van der Waals surface area contributed by atoms with E-state index in [0.717, 1.165) is 6.07 Å². The summed E-state index contributed by atoms with van der Waals surface area (Å²) in [5.74, 6) is -1.94. The van der Waals surface area contributed by atoms with Crippen LogP contribution in [0.5, 0.6) is 0 Å². The number of benzene rings is 1. The number of alkyl halides is 3. The van der Waals surface area contributed by atoms with Gasteiger partial charge in [-0.05, 0) is 18.2 Å². The number of nitrogens with two attached hydrogens (primary N) is 1. The first-order valence-corrected chi connectivity index (χ1v) is 4.96. The molecule has 2 nitrogen and oxygen atoms in total. The molecule has 0 aromatic heterocycles. The molecule has 0 saturated carbocycles. The minimum absolute atomic E-state index is 0.281. The molecule has 2 N–H and O–H groups in total. The van der Waals surface area contributed by atoms with Gasteiger partial charge in [-0.25, -0.2) is 4.39 Å². The molecule has 1 rings (SSSR count). The maximum Gasteiger partial charge on any atom is 0.416 e. The van der Waals surface area contributed by atoms with Gasteiger partial charge in [-0.3, -0.25) is 4.79 Å². The third kappa shape index (κ3) is 4.14. The third-order valence-corrected chi connectivity index (χ3v) is 1.78. The summed E-state index contributed by atoms with van der Waals surface area (Å²) in [6, 6.07) is 1.71. The van der Waals surface area contributed by atoms with Crippen LogP contribution in [0.2, 0.25) is 0 Å². The molecule has 0 unspecified atom stereocenters. The van der Waals surface area contributed by atoms with Crippen LogP contribution in [0.3, 0.4) is 0 Å². The second-order valence-electron chi connectivity index (χ2n) is 2.82. The third-order valence-electron chi connectivity index (χ3n) is 1.78. The SMILES string of the molecule is CC.NCC(=O)c1ccc(C(F)(F)F)cc1F. The minimum atomic E-state index is -4.62. The lowest BCUT2D eigenvalue weighted by atomic mass is 10.1. The van der Waals surface area contributed by atoms with Crippen molar-refractivity contribution in [3.63, 3.8) is 0 Å². The summed E-state index contributed by atoms with van der Waals surface area (Å²) < 4.78 is 49.4. The molecule has 0 radical (unpaired) electrons. The fourth-order valence-electron chi connectivity index (χ4n) is 1.03. The molecule has 0 heterocycles. The van der Waals surface area contributed by atoms with Crippen molar-refractivity contribution in [2.75, 3.05) is 6.54 Å². The number of halogens is 4. The van der Waals surface area contributed by atoms with Crippen LogP contribution in [0.1, 0.15) is 29.8 Å². The monoisotopic (exact) mass is 251 g/mol. The Morgan fingerprint density at radius 2 is 1.82 bits per heavy atom. The zero-order chi connectivity index (χ0) is 13.6. The van der Waals surface area contributed by atoms with E-state index in [9.17, 15) is 22.4 Å². The normalized spacial score (nSPS) is 10.5. The Hall–Kier alpha value is -1.43. The van der Waals surface area contributed by atoms with E-state index in [1.54, 1.807) is 0 Å². The molecule has 0 atom stereocenters. The van der Waals surface area contributed by atoms with Crippen LogP contribution in [0.25, 0.3) is 0 Å². The van der Waals surface area contributed by atoms with Crippen molar-refractivity contribution in [3.8, 4) is 0 Å². The van der Waals surface area contributed by atoms with Gasteiger partial charge in [0.2, 0.25) is 0 Å². The molecular weight excluding hydrogens is 238 g/mol. The van der Waals surface area contributed by atoms with Gasteiger partial charge in [-0.2, -0.15) is 13.2 Å². The Kier molecular flexibility index (Phi) is 5.81. The predicted molar refractivity (Wildman–Crippen MR) is 56.1 cm³/mol. The van der Waals surface area contributed by atoms with Crippen LogP contribution >= 0.6 is 0 Å². The van der Waals surface area contributed by atoms with Gasteiger partial charge >= 0.3 is 6.18 Å². The molecule has 0 amide bonds. The van der Waals surface area contributed by atoms with E-state index in [0.29, 0.717) is 6.07 Å². The number of carbonyl (C=O) groups excluding carboxylic acids is 1. The number of hydrogen-bond donors (Lipinski definition) is 1. The number of rotatable bonds is 2. The molecule has 0 fully saturated rings. The van der Waals surface area contributed by atoms with Gasteiger partial charge in [0.15, 0.2) is 5.78 Å². The van der Waals surface area contributed by atoms with Gasteiger partial charge in [-0.15, -0.1) is 0 Å². The Bertz CT molecular complexity index is 388. The van der Waals surface area contributed by atoms with E-state index in [4.69, 9.17) is 5.73 Å². The van der Waals surface area contributed by atoms with Crippen molar-refractivity contribution in [3.05, 3.63) is 35.1 Å². The van der Waals surface area contributed by atoms with Crippen LogP contribution in [0, 0.1) is 5.82 Å². The molecule has 17 heavy (non-hydrogen) atoms. The van der Waals surface area contributed by atoms with Gasteiger partial charge in [0.05, 0.1) is 17.7 Å². The minimum Gasteiger partial charge on any atom is -0.324 e. The zero-order valence-corrected chi connectivity index (χ0v) is 9.44. The van der Waals surface area contributed by atoms with E-state index in [-0.39, 0.29) is 6.07 Å². The van der Waals surface area contributed by atoms with Crippen molar-refractivity contribution in [2.45, 2.75) is 20.0 Å². The molecule has 1 aromatic rings. The molecule has 6 heteroatoms. The molecule has 0 aliphatic carbocycles. The summed E-state index contributed by atoms with van der Waals surface area (Å²) in [5, 5.41) is 0. The highest BCUT2D eigenvalue weighted by atomic mass is 19.4. The average molecular weight is 251 g/mol. The Morgan fingerprint density at radius 1 is 1.29 bits per heavy atom. The van der Waals surface area contributed by atoms with Gasteiger partial charge in [0.1, 0.15) is 5.82 Å². The quantitative estimate of drug-likeness (QED) is 0.648. The highest BCUT2D eigenvalue weighted by Crippen LogP contribution is 2.30. The number of carbonyl (C=O) groups is 1. The van der Waals surface area contributed by atoms with E-state index in [2.05, 4.69) is 0 Å². The molecule has 0 bridgehead atoms. The van der Waals surface area contributed by atoms with Crippen LogP contribution in [-0.2, 0) is 6.18 Å². The van der Waals surface area contributed by atoms with Crippen LogP contribution < -0.4 is 5.73 Å². The Balaban J connectivity index is 0.00000121. The van der Waals surface area contributed by atoms with E-state index >= 15 is 0 Å². The smallest absolute Gasteiger partial charge is 0.324 e. The first-order chi connectivity index (χ1) is 7.86. The average Bonchev–Trinajstić information content (AvgIpc) is 2.29. The van der Waals surface area contributed by atoms with E-state index in [1.165, 1.54) is 0 Å². The van der Waals surface area contributed by atoms with E-state index in [1.807, 2.05) is 13.8 Å². The Labute approximate surface area is 96.4 Å². The standard InChI is InChI=1S/C9H7F4NO.C2H6/c10-7-3-5(9(11,12)13)1-2-6(7)8(15)4-14;1-2/h1-3H,4,14H2;1-2H3. The number of hydrogen-bond acceptors (Lipinski definition) is 2. The first-order valence-electron chi connectivity index (χ1n) is 4.96. The molecule has 0 aliphatic rings. The summed E-state index contributed by atoms with van der Waals surface area (Å²) in [7, 11) is 0. The van der Waals surface area contributed by atoms with Crippen LogP contribution in [0.15, 0.2) is 18.2 Å². The van der Waals surface area contributed by atoms with Gasteiger partial charge in [-0.1, -0.05) is 13.8 Å². The summed E-state index contributed by atoms with van der Waals surface area (Å²) >= 11 is 0. The number of ketones is 1. The zero-order valence-electron chi connectivity index (χ0n) is 9.44. The fraction of sp³-hybridized carbons (Fsp3) is 0.364. The van der Waals surface area contributed by atoms with Crippen molar-refractivity contribution >= 4 is 5.78 Å². The first kappa shape index (κ1) is 15.6. The highest BCUT2D eigenvalue weighted by Gasteiger charge is 2.31. The molecule has 0 spiro atoms. The molecule has 0 aliphatic heterocycles. The molecule has 1 aromatic carbocycles. The second-order valence-corrected chi connectivity index (χ2v) is 2.82. The number of Topliss-reactive ketones (excluding diaryl/α,β-unsaturated/α-hetero) is 1. The molecule has 0 saturated heterocycles. The summed E-state index contributed by atoms with van der Waals surface area (Å²) in [4.78, 5) is 10.9. The topological polar surface area (TPSA) is 43.1 Å². The lowest BCUT2D eigenvalue weighted by Crippen LogP contribution is -2.16. The summed E-state index contributed by atoms with van der Waals surface area (Å²) in [5.41, 5.74) is 3.40. The predicted octanol–water partition coefficient (Wildman–Crippen LogP) is 3.01. The van der Waals surface area contributed by atoms with Crippen LogP contribution in [0.4, 0.5) is 17.6 Å². The highest BCUT2D eigenvalue weighted by molar-refractivity contribution is 5.97. The largest absolute Gasteiger partial charge is 0.416 e. The van der Waals surface area contributed by atoms with Crippen molar-refractivity contribution in [2.24, 2.45) is 5.73 Å². The van der Waals surface area contributed by atoms with Gasteiger partial charge in [0, 0.05) is 0 Å². The lowest BCUT2D eigenvalue weighted by Gasteiger charge is -2.07. The molecular formula is C11H13F4NO. The van der Waals surface area contributed by atoms with E-state index < -0.39 is 35.4 Å². The van der Waals surface area contributed by atoms with Crippen molar-refractivity contribution in [1.82, 2.24) is 0 Å². The lowest BCUT2D eigenvalue weighted by molar-refractivity contribution is -0.137. The van der Waals surface area contributed by atoms with Crippen LogP contribution in [-0.4, -0.2) is 12.3 Å². The second kappa shape index (κ2) is 6.34. The molecule has 96 valence electrons. The maximum absolute atomic E-state index is 13.0. The fourth-order valence-corrected chi connectivity index (χ4v) is 1.03. The van der Waals surface area contributed by atoms with Crippen molar-refractivity contribution in [1.29, 1.82) is 0 Å². The van der Waals surface area contributed by atoms with Crippen molar-refractivity contribution < 1.29 is 22.4 Å². The summed E-state index contributed by atoms with van der Waals surface area (Å²) in [6.07, 6.45) is -4.62. The van der Waals surface area contributed by atoms with Gasteiger partial charge in [0.25, 0.3) is 0 Å². The maximum atomic E-state index is 13.0. The Morgan fingerprint density at radius 3 is 2.18 bits per heavy atom. The summed E-state index contributed by atoms with van der Waals surface area (Å²) in [6.45, 7) is 3.56.